The van der Waals surface area contributed by atoms with Crippen LogP contribution in [0.5, 0.6) is 0 Å². The molecule has 3 aromatic rings. The summed E-state index contributed by atoms with van der Waals surface area (Å²) in [6, 6.07) is 11.0. The summed E-state index contributed by atoms with van der Waals surface area (Å²) >= 11 is 7.51. The zero-order valence-corrected chi connectivity index (χ0v) is 15.9. The summed E-state index contributed by atoms with van der Waals surface area (Å²) in [6.07, 6.45) is 0.950. The summed E-state index contributed by atoms with van der Waals surface area (Å²) < 4.78 is 5.74. The molecule has 2 N–H and O–H groups in total. The van der Waals surface area contributed by atoms with E-state index in [-0.39, 0.29) is 5.91 Å². The predicted molar refractivity (Wildman–Crippen MR) is 102 cm³/mol. The van der Waals surface area contributed by atoms with Crippen LogP contribution in [0.15, 0.2) is 46.2 Å². The Bertz CT molecular complexity index is 851. The number of anilines is 1. The lowest BCUT2D eigenvalue weighted by atomic mass is 10.3. The minimum absolute atomic E-state index is 0.0753. The lowest BCUT2D eigenvalue weighted by molar-refractivity contribution is -0.907. The van der Waals surface area contributed by atoms with Crippen molar-refractivity contribution in [3.05, 3.63) is 52.7 Å². The molecule has 0 bridgehead atoms. The van der Waals surface area contributed by atoms with E-state index >= 15 is 0 Å². The number of amides is 1. The van der Waals surface area contributed by atoms with E-state index in [4.69, 9.17) is 16.0 Å². The van der Waals surface area contributed by atoms with Crippen LogP contribution in [0, 0.1) is 0 Å². The van der Waals surface area contributed by atoms with Crippen LogP contribution in [-0.4, -0.2) is 29.2 Å². The van der Waals surface area contributed by atoms with Gasteiger partial charge in [0.1, 0.15) is 0 Å². The average Bonchev–Trinajstić information content (AvgIpc) is 3.26. The smallest absolute Gasteiger partial charge is 0.279 e. The lowest BCUT2D eigenvalue weighted by Crippen LogP contribution is -3.11. The molecule has 1 aromatic carbocycles. The zero-order valence-electron chi connectivity index (χ0n) is 14.4. The van der Waals surface area contributed by atoms with E-state index in [0.717, 1.165) is 22.7 Å². The Balaban J connectivity index is 1.61. The first-order chi connectivity index (χ1) is 12.6. The maximum atomic E-state index is 12.4. The topological polar surface area (TPSA) is 72.5 Å². The van der Waals surface area contributed by atoms with Crippen molar-refractivity contribution < 1.29 is 14.1 Å². The molecule has 0 aliphatic carbocycles. The highest BCUT2D eigenvalue weighted by atomic mass is 35.5. The molecule has 26 heavy (non-hydrogen) atoms. The molecule has 0 radical (unpaired) electrons. The van der Waals surface area contributed by atoms with Crippen LogP contribution in [0.1, 0.15) is 19.2 Å². The van der Waals surface area contributed by atoms with Crippen molar-refractivity contribution in [2.45, 2.75) is 19.9 Å². The largest absolute Gasteiger partial charge is 0.414 e. The van der Waals surface area contributed by atoms with Crippen molar-refractivity contribution in [1.29, 1.82) is 0 Å². The fourth-order valence-electron chi connectivity index (χ4n) is 2.63. The number of quaternary nitrogens is 1. The van der Waals surface area contributed by atoms with E-state index in [1.807, 2.05) is 23.6 Å². The van der Waals surface area contributed by atoms with E-state index in [2.05, 4.69) is 22.4 Å². The summed E-state index contributed by atoms with van der Waals surface area (Å²) in [5.41, 5.74) is 0.691. The number of carbonyl (C=O) groups is 1. The maximum Gasteiger partial charge on any atom is 0.279 e. The molecule has 2 heterocycles. The normalized spacial score (nSPS) is 12.1. The highest BCUT2D eigenvalue weighted by Crippen LogP contribution is 2.22. The maximum absolute atomic E-state index is 12.4. The zero-order chi connectivity index (χ0) is 18.4. The van der Waals surface area contributed by atoms with Crippen LogP contribution < -0.4 is 10.2 Å². The molecule has 0 spiro atoms. The van der Waals surface area contributed by atoms with Gasteiger partial charge in [0.2, 0.25) is 0 Å². The molecule has 6 nitrogen and oxygen atoms in total. The first kappa shape index (κ1) is 18.6. The molecular weight excluding hydrogens is 372 g/mol. The van der Waals surface area contributed by atoms with Crippen LogP contribution in [0.2, 0.25) is 5.02 Å². The Kier molecular flexibility index (Phi) is 6.38. The van der Waals surface area contributed by atoms with Crippen molar-refractivity contribution in [3.8, 4) is 10.8 Å². The van der Waals surface area contributed by atoms with Crippen molar-refractivity contribution >= 4 is 34.5 Å². The van der Waals surface area contributed by atoms with Gasteiger partial charge >= 0.3 is 0 Å². The Labute approximate surface area is 160 Å². The second-order valence-electron chi connectivity index (χ2n) is 5.89. The molecule has 3 rings (SSSR count). The number of hydrogen-bond donors (Lipinski definition) is 2. The SMILES string of the molecule is CCC[NH+](CC(=O)Nc1cccc(Cl)c1)Cc1nnc(-c2cccs2)o1. The number of thiophene rings is 1. The quantitative estimate of drug-likeness (QED) is 0.619. The van der Waals surface area contributed by atoms with E-state index < -0.39 is 0 Å². The van der Waals surface area contributed by atoms with Crippen molar-refractivity contribution in [2.75, 3.05) is 18.4 Å². The monoisotopic (exact) mass is 391 g/mol. The Hall–Kier alpha value is -2.22. The number of halogens is 1. The van der Waals surface area contributed by atoms with Crippen LogP contribution in [0.4, 0.5) is 5.69 Å². The third-order valence-corrected chi connectivity index (χ3v) is 4.82. The Morgan fingerprint density at radius 2 is 2.19 bits per heavy atom. The van der Waals surface area contributed by atoms with Gasteiger partial charge in [-0.25, -0.2) is 0 Å². The second-order valence-corrected chi connectivity index (χ2v) is 7.27. The van der Waals surface area contributed by atoms with Crippen molar-refractivity contribution in [2.24, 2.45) is 0 Å². The molecule has 1 amide bonds. The summed E-state index contributed by atoms with van der Waals surface area (Å²) in [5.74, 6) is 0.982. The fourth-order valence-corrected chi connectivity index (χ4v) is 3.46. The predicted octanol–water partition coefficient (Wildman–Crippen LogP) is 2.89. The van der Waals surface area contributed by atoms with Crippen LogP contribution >= 0.6 is 22.9 Å². The number of nitrogens with one attached hydrogen (secondary N) is 2. The molecular formula is C18H20ClN4O2S+. The van der Waals surface area contributed by atoms with Gasteiger partial charge in [-0.3, -0.25) is 4.79 Å². The molecule has 8 heteroatoms. The minimum atomic E-state index is -0.0753. The molecule has 0 saturated carbocycles. The number of benzene rings is 1. The Morgan fingerprint density at radius 3 is 2.92 bits per heavy atom. The van der Waals surface area contributed by atoms with E-state index in [1.54, 1.807) is 29.5 Å². The number of aromatic nitrogens is 2. The van der Waals surface area contributed by atoms with Crippen molar-refractivity contribution in [3.63, 3.8) is 0 Å². The highest BCUT2D eigenvalue weighted by Gasteiger charge is 2.19. The summed E-state index contributed by atoms with van der Waals surface area (Å²) in [6.45, 7) is 3.74. The van der Waals surface area contributed by atoms with E-state index in [1.165, 1.54) is 0 Å². The number of carbonyl (C=O) groups excluding carboxylic acids is 1. The van der Waals surface area contributed by atoms with Gasteiger partial charge in [-0.1, -0.05) is 30.7 Å². The van der Waals surface area contributed by atoms with E-state index in [0.29, 0.717) is 35.6 Å². The van der Waals surface area contributed by atoms with Gasteiger partial charge < -0.3 is 14.6 Å². The first-order valence-corrected chi connectivity index (χ1v) is 9.65. The first-order valence-electron chi connectivity index (χ1n) is 8.39. The Morgan fingerprint density at radius 1 is 1.31 bits per heavy atom. The number of hydrogen-bond acceptors (Lipinski definition) is 5. The van der Waals surface area contributed by atoms with Gasteiger partial charge in [-0.2, -0.15) is 0 Å². The van der Waals surface area contributed by atoms with Gasteiger partial charge in [0.25, 0.3) is 17.7 Å². The third kappa shape index (κ3) is 5.14. The average molecular weight is 392 g/mol. The van der Waals surface area contributed by atoms with Crippen LogP contribution in [0.3, 0.4) is 0 Å². The van der Waals surface area contributed by atoms with Gasteiger partial charge in [0.15, 0.2) is 13.1 Å². The molecule has 2 aromatic heterocycles. The summed E-state index contributed by atoms with van der Waals surface area (Å²) in [7, 11) is 0. The standard InChI is InChI=1S/C18H19ClN4O2S/c1-2-8-23(11-16(24)20-14-6-3-5-13(19)10-14)12-17-21-22-18(25-17)15-7-4-9-26-15/h3-7,9-10H,2,8,11-12H2,1H3,(H,20,24)/p+1. The van der Waals surface area contributed by atoms with E-state index in [9.17, 15) is 4.79 Å². The summed E-state index contributed by atoms with van der Waals surface area (Å²) in [4.78, 5) is 14.4. The fraction of sp³-hybridized carbons (Fsp3) is 0.278. The van der Waals surface area contributed by atoms with Gasteiger partial charge in [-0.15, -0.1) is 21.5 Å². The lowest BCUT2D eigenvalue weighted by Gasteiger charge is -2.16. The van der Waals surface area contributed by atoms with Crippen LogP contribution in [-0.2, 0) is 11.3 Å². The van der Waals surface area contributed by atoms with Gasteiger partial charge in [0.05, 0.1) is 11.4 Å². The summed E-state index contributed by atoms with van der Waals surface area (Å²) in [5, 5.41) is 13.6. The highest BCUT2D eigenvalue weighted by molar-refractivity contribution is 7.13. The molecule has 136 valence electrons. The molecule has 0 aliphatic heterocycles. The third-order valence-electron chi connectivity index (χ3n) is 3.72. The second kappa shape index (κ2) is 8.93. The minimum Gasteiger partial charge on any atom is -0.414 e. The molecule has 0 saturated heterocycles. The molecule has 1 unspecified atom stereocenters. The molecule has 0 aliphatic rings. The number of rotatable bonds is 8. The molecule has 0 fully saturated rings. The van der Waals surface area contributed by atoms with Gasteiger partial charge in [0, 0.05) is 10.7 Å². The molecule has 1 atom stereocenters. The number of nitrogens with zero attached hydrogens (tertiary/aromatic N) is 2. The van der Waals surface area contributed by atoms with Gasteiger partial charge in [-0.05, 0) is 36.1 Å². The van der Waals surface area contributed by atoms with Crippen molar-refractivity contribution in [1.82, 2.24) is 10.2 Å². The van der Waals surface area contributed by atoms with Crippen LogP contribution in [0.25, 0.3) is 10.8 Å².